The highest BCUT2D eigenvalue weighted by Gasteiger charge is 2.22. The standard InChI is InChI=1S/C13H15ClO2/c1-13(2,3)9-4-5-11(14)10(8-9)12-15-6-7-16-12/h4-8,12H,1-3H3. The number of ether oxygens (including phenoxy) is 2. The second-order valence-corrected chi connectivity index (χ2v) is 5.27. The van der Waals surface area contributed by atoms with Gasteiger partial charge in [-0.3, -0.25) is 0 Å². The van der Waals surface area contributed by atoms with Crippen LogP contribution in [-0.2, 0) is 14.9 Å². The minimum atomic E-state index is -0.408. The fourth-order valence-corrected chi connectivity index (χ4v) is 1.78. The van der Waals surface area contributed by atoms with E-state index in [-0.39, 0.29) is 5.41 Å². The lowest BCUT2D eigenvalue weighted by Crippen LogP contribution is -2.12. The summed E-state index contributed by atoms with van der Waals surface area (Å²) >= 11 is 6.14. The van der Waals surface area contributed by atoms with Gasteiger partial charge in [0.25, 0.3) is 6.29 Å². The molecule has 0 N–H and O–H groups in total. The molecule has 3 heteroatoms. The summed E-state index contributed by atoms with van der Waals surface area (Å²) < 4.78 is 10.6. The number of benzene rings is 1. The highest BCUT2D eigenvalue weighted by Crippen LogP contribution is 2.33. The van der Waals surface area contributed by atoms with Gasteiger partial charge in [-0.15, -0.1) is 0 Å². The Morgan fingerprint density at radius 3 is 2.31 bits per heavy atom. The summed E-state index contributed by atoms with van der Waals surface area (Å²) in [6.07, 6.45) is 2.66. The number of rotatable bonds is 1. The SMILES string of the molecule is CC(C)(C)c1ccc(Cl)c(C2OC=CO2)c1. The van der Waals surface area contributed by atoms with E-state index in [0.717, 1.165) is 5.56 Å². The fourth-order valence-electron chi connectivity index (χ4n) is 1.58. The molecule has 86 valence electrons. The molecule has 0 aromatic heterocycles. The molecule has 0 saturated carbocycles. The molecule has 16 heavy (non-hydrogen) atoms. The maximum absolute atomic E-state index is 6.14. The van der Waals surface area contributed by atoms with Crippen molar-refractivity contribution in [1.29, 1.82) is 0 Å². The van der Waals surface area contributed by atoms with Crippen molar-refractivity contribution >= 4 is 11.6 Å². The molecule has 0 radical (unpaired) electrons. The average Bonchev–Trinajstić information content (AvgIpc) is 2.69. The van der Waals surface area contributed by atoms with Crippen LogP contribution in [0.1, 0.15) is 38.2 Å². The molecule has 0 saturated heterocycles. The molecule has 0 atom stereocenters. The maximum Gasteiger partial charge on any atom is 0.267 e. The molecular weight excluding hydrogens is 224 g/mol. The molecule has 1 aliphatic heterocycles. The first-order chi connectivity index (χ1) is 7.48. The van der Waals surface area contributed by atoms with Gasteiger partial charge in [-0.05, 0) is 23.1 Å². The van der Waals surface area contributed by atoms with Gasteiger partial charge in [0.05, 0.1) is 10.6 Å². The highest BCUT2D eigenvalue weighted by molar-refractivity contribution is 6.31. The van der Waals surface area contributed by atoms with Crippen molar-refractivity contribution in [2.75, 3.05) is 0 Å². The number of hydrogen-bond donors (Lipinski definition) is 0. The van der Waals surface area contributed by atoms with Crippen LogP contribution >= 0.6 is 11.6 Å². The van der Waals surface area contributed by atoms with E-state index < -0.39 is 6.29 Å². The van der Waals surface area contributed by atoms with Crippen LogP contribution in [0, 0.1) is 0 Å². The lowest BCUT2D eigenvalue weighted by atomic mass is 9.86. The van der Waals surface area contributed by atoms with E-state index in [9.17, 15) is 0 Å². The minimum Gasteiger partial charge on any atom is -0.455 e. The molecule has 2 nitrogen and oxygen atoms in total. The van der Waals surface area contributed by atoms with E-state index in [2.05, 4.69) is 20.8 Å². The van der Waals surface area contributed by atoms with E-state index in [1.54, 1.807) is 0 Å². The van der Waals surface area contributed by atoms with Crippen molar-refractivity contribution < 1.29 is 9.47 Å². The third-order valence-corrected chi connectivity index (χ3v) is 2.92. The fraction of sp³-hybridized carbons (Fsp3) is 0.385. The van der Waals surface area contributed by atoms with Crippen molar-refractivity contribution in [3.8, 4) is 0 Å². The first-order valence-electron chi connectivity index (χ1n) is 5.24. The van der Waals surface area contributed by atoms with Crippen molar-refractivity contribution in [3.05, 3.63) is 46.9 Å². The quantitative estimate of drug-likeness (QED) is 0.732. The molecule has 0 spiro atoms. The molecule has 1 heterocycles. The Kier molecular flexibility index (Phi) is 2.85. The third kappa shape index (κ3) is 2.17. The summed E-state index contributed by atoms with van der Waals surface area (Å²) in [4.78, 5) is 0. The zero-order valence-electron chi connectivity index (χ0n) is 9.66. The summed E-state index contributed by atoms with van der Waals surface area (Å²) in [5.74, 6) is 0. The van der Waals surface area contributed by atoms with Crippen LogP contribution in [0.5, 0.6) is 0 Å². The molecule has 1 aliphatic rings. The molecule has 0 aliphatic carbocycles. The van der Waals surface area contributed by atoms with Gasteiger partial charge in [0, 0.05) is 0 Å². The van der Waals surface area contributed by atoms with Gasteiger partial charge < -0.3 is 9.47 Å². The summed E-state index contributed by atoms with van der Waals surface area (Å²) in [6, 6.07) is 5.97. The summed E-state index contributed by atoms with van der Waals surface area (Å²) in [5, 5.41) is 0.668. The van der Waals surface area contributed by atoms with Crippen LogP contribution in [0.3, 0.4) is 0 Å². The van der Waals surface area contributed by atoms with Gasteiger partial charge in [0.15, 0.2) is 0 Å². The van der Waals surface area contributed by atoms with Crippen LogP contribution in [0.2, 0.25) is 5.02 Å². The molecule has 0 amide bonds. The molecule has 0 fully saturated rings. The van der Waals surface area contributed by atoms with E-state index >= 15 is 0 Å². The maximum atomic E-state index is 6.14. The zero-order valence-corrected chi connectivity index (χ0v) is 10.4. The first-order valence-corrected chi connectivity index (χ1v) is 5.62. The van der Waals surface area contributed by atoms with Crippen LogP contribution in [0.4, 0.5) is 0 Å². The van der Waals surface area contributed by atoms with Crippen molar-refractivity contribution in [2.45, 2.75) is 32.5 Å². The Balaban J connectivity index is 2.37. The Bertz CT molecular complexity index is 410. The van der Waals surface area contributed by atoms with E-state index in [1.807, 2.05) is 18.2 Å². The second kappa shape index (κ2) is 4.02. The van der Waals surface area contributed by atoms with Crippen molar-refractivity contribution in [3.63, 3.8) is 0 Å². The van der Waals surface area contributed by atoms with E-state index in [4.69, 9.17) is 21.1 Å². The summed E-state index contributed by atoms with van der Waals surface area (Å²) in [6.45, 7) is 6.48. The summed E-state index contributed by atoms with van der Waals surface area (Å²) in [5.41, 5.74) is 2.18. The third-order valence-electron chi connectivity index (χ3n) is 2.58. The first kappa shape index (κ1) is 11.3. The molecule has 0 unspecified atom stereocenters. The predicted molar refractivity (Wildman–Crippen MR) is 64.2 cm³/mol. The monoisotopic (exact) mass is 238 g/mol. The van der Waals surface area contributed by atoms with Gasteiger partial charge in [0.2, 0.25) is 0 Å². The normalized spacial score (nSPS) is 16.0. The van der Waals surface area contributed by atoms with Crippen molar-refractivity contribution in [1.82, 2.24) is 0 Å². The van der Waals surface area contributed by atoms with Gasteiger partial charge in [-0.2, -0.15) is 0 Å². The van der Waals surface area contributed by atoms with Crippen LogP contribution in [0.25, 0.3) is 0 Å². The molecule has 0 bridgehead atoms. The van der Waals surface area contributed by atoms with Gasteiger partial charge >= 0.3 is 0 Å². The van der Waals surface area contributed by atoms with Gasteiger partial charge in [-0.25, -0.2) is 0 Å². The molecule has 1 aromatic rings. The Morgan fingerprint density at radius 1 is 1.12 bits per heavy atom. The molecular formula is C13H15ClO2. The topological polar surface area (TPSA) is 18.5 Å². The molecule has 1 aromatic carbocycles. The number of hydrogen-bond acceptors (Lipinski definition) is 2. The lowest BCUT2D eigenvalue weighted by molar-refractivity contribution is -0.0245. The lowest BCUT2D eigenvalue weighted by Gasteiger charge is -2.21. The zero-order chi connectivity index (χ0) is 11.8. The van der Waals surface area contributed by atoms with Crippen LogP contribution in [-0.4, -0.2) is 0 Å². The smallest absolute Gasteiger partial charge is 0.267 e. The highest BCUT2D eigenvalue weighted by atomic mass is 35.5. The van der Waals surface area contributed by atoms with Gasteiger partial charge in [0.1, 0.15) is 12.5 Å². The largest absolute Gasteiger partial charge is 0.455 e. The van der Waals surface area contributed by atoms with Gasteiger partial charge in [-0.1, -0.05) is 38.4 Å². The van der Waals surface area contributed by atoms with E-state index in [0.29, 0.717) is 5.02 Å². The Hall–Kier alpha value is -1.15. The Labute approximate surface area is 101 Å². The minimum absolute atomic E-state index is 0.0887. The van der Waals surface area contributed by atoms with Crippen LogP contribution in [0.15, 0.2) is 30.7 Å². The van der Waals surface area contributed by atoms with Crippen molar-refractivity contribution in [2.24, 2.45) is 0 Å². The second-order valence-electron chi connectivity index (χ2n) is 4.86. The summed E-state index contributed by atoms with van der Waals surface area (Å²) in [7, 11) is 0. The Morgan fingerprint density at radius 2 is 1.75 bits per heavy atom. The van der Waals surface area contributed by atoms with E-state index in [1.165, 1.54) is 18.1 Å². The molecule has 2 rings (SSSR count). The van der Waals surface area contributed by atoms with Crippen LogP contribution < -0.4 is 0 Å². The average molecular weight is 239 g/mol. The predicted octanol–water partition coefficient (Wildman–Crippen LogP) is 4.15. The number of halogens is 1.